The highest BCUT2D eigenvalue weighted by Crippen LogP contribution is 2.42. The highest BCUT2D eigenvalue weighted by molar-refractivity contribution is 7.99. The lowest BCUT2D eigenvalue weighted by Gasteiger charge is -2.45. The Hall–Kier alpha value is -0.590. The van der Waals surface area contributed by atoms with Crippen molar-refractivity contribution >= 4 is 11.8 Å². The molecule has 2 saturated heterocycles. The van der Waals surface area contributed by atoms with Crippen LogP contribution in [0, 0.1) is 5.92 Å². The molecule has 2 aliphatic heterocycles. The van der Waals surface area contributed by atoms with Crippen LogP contribution in [0.4, 0.5) is 0 Å². The first-order valence-electron chi connectivity index (χ1n) is 7.07. The topological polar surface area (TPSA) is 62.8 Å². The van der Waals surface area contributed by atoms with Gasteiger partial charge in [0.25, 0.3) is 0 Å². The Bertz CT molecular complexity index is 386. The Morgan fingerprint density at radius 2 is 2.37 bits per heavy atom. The van der Waals surface area contributed by atoms with E-state index in [0.29, 0.717) is 5.92 Å². The average molecular weight is 282 g/mol. The summed E-state index contributed by atoms with van der Waals surface area (Å²) in [5.74, 6) is 4.00. The van der Waals surface area contributed by atoms with E-state index in [1.54, 1.807) is 6.33 Å². The Kier molecular flexibility index (Phi) is 4.10. The van der Waals surface area contributed by atoms with Crippen molar-refractivity contribution in [2.45, 2.75) is 37.3 Å². The first kappa shape index (κ1) is 13.4. The number of aromatic nitrogens is 3. The van der Waals surface area contributed by atoms with Gasteiger partial charge in [-0.3, -0.25) is 5.10 Å². The molecule has 0 radical (unpaired) electrons. The molecule has 0 aromatic carbocycles. The van der Waals surface area contributed by atoms with E-state index in [9.17, 15) is 0 Å². The number of nitrogens with one attached hydrogen (secondary N) is 2. The summed E-state index contributed by atoms with van der Waals surface area (Å²) < 4.78 is 6.16. The second kappa shape index (κ2) is 5.81. The molecule has 2 fully saturated rings. The Morgan fingerprint density at radius 1 is 1.53 bits per heavy atom. The van der Waals surface area contributed by atoms with Gasteiger partial charge in [-0.2, -0.15) is 16.9 Å². The predicted octanol–water partition coefficient (Wildman–Crippen LogP) is 1.76. The molecule has 5 nitrogen and oxygen atoms in total. The summed E-state index contributed by atoms with van der Waals surface area (Å²) in [6.45, 7) is 0.877. The van der Waals surface area contributed by atoms with E-state index in [1.165, 1.54) is 24.3 Å². The fourth-order valence-electron chi connectivity index (χ4n) is 3.40. The highest BCUT2D eigenvalue weighted by Gasteiger charge is 2.41. The number of aromatic amines is 1. The van der Waals surface area contributed by atoms with Crippen LogP contribution in [0.1, 0.15) is 37.5 Å². The van der Waals surface area contributed by atoms with Gasteiger partial charge in [0.05, 0.1) is 11.6 Å². The van der Waals surface area contributed by atoms with Gasteiger partial charge in [-0.15, -0.1) is 0 Å². The van der Waals surface area contributed by atoms with Crippen molar-refractivity contribution in [1.29, 1.82) is 0 Å². The summed E-state index contributed by atoms with van der Waals surface area (Å²) in [5, 5.41) is 10.4. The molecule has 2 atom stereocenters. The maximum atomic E-state index is 6.16. The predicted molar refractivity (Wildman–Crippen MR) is 76.1 cm³/mol. The molecule has 2 aliphatic rings. The van der Waals surface area contributed by atoms with E-state index in [2.05, 4.69) is 32.3 Å². The summed E-state index contributed by atoms with van der Waals surface area (Å²) in [7, 11) is 2.01. The van der Waals surface area contributed by atoms with E-state index in [1.807, 2.05) is 7.05 Å². The number of hydrogen-bond donors (Lipinski definition) is 2. The number of ether oxygens (including phenoxy) is 1. The third kappa shape index (κ3) is 2.80. The van der Waals surface area contributed by atoms with Crippen LogP contribution in [0.25, 0.3) is 0 Å². The van der Waals surface area contributed by atoms with Crippen molar-refractivity contribution in [3.05, 3.63) is 12.2 Å². The average Bonchev–Trinajstić information content (AvgIpc) is 2.95. The minimum Gasteiger partial charge on any atom is -0.375 e. The minimum atomic E-state index is 0.128. The number of hydrogen-bond acceptors (Lipinski definition) is 5. The normalized spacial score (nSPS) is 28.4. The van der Waals surface area contributed by atoms with Crippen molar-refractivity contribution in [3.8, 4) is 0 Å². The van der Waals surface area contributed by atoms with E-state index < -0.39 is 0 Å². The fraction of sp³-hybridized carbons (Fsp3) is 0.846. The Labute approximate surface area is 118 Å². The van der Waals surface area contributed by atoms with Crippen molar-refractivity contribution in [2.75, 3.05) is 25.2 Å². The Morgan fingerprint density at radius 3 is 3.05 bits per heavy atom. The molecular weight excluding hydrogens is 260 g/mol. The summed E-state index contributed by atoms with van der Waals surface area (Å²) in [4.78, 5) is 4.32. The van der Waals surface area contributed by atoms with Gasteiger partial charge in [-0.25, -0.2) is 4.98 Å². The lowest BCUT2D eigenvalue weighted by atomic mass is 9.78. The molecule has 1 spiro atoms. The molecule has 0 bridgehead atoms. The SMILES string of the molecule is CNC(c1ncn[nH]1)C1CCOC2(CCSCC2)C1. The van der Waals surface area contributed by atoms with Crippen LogP contribution < -0.4 is 5.32 Å². The Balaban J connectivity index is 1.73. The zero-order valence-electron chi connectivity index (χ0n) is 11.4. The maximum Gasteiger partial charge on any atom is 0.141 e. The van der Waals surface area contributed by atoms with E-state index in [4.69, 9.17) is 4.74 Å². The molecule has 0 saturated carbocycles. The molecule has 2 N–H and O–H groups in total. The number of H-pyrrole nitrogens is 1. The number of nitrogens with zero attached hydrogens (tertiary/aromatic N) is 2. The van der Waals surface area contributed by atoms with Gasteiger partial charge in [0, 0.05) is 6.61 Å². The molecule has 2 unspecified atom stereocenters. The van der Waals surface area contributed by atoms with Crippen molar-refractivity contribution < 1.29 is 4.74 Å². The lowest BCUT2D eigenvalue weighted by Crippen LogP contribution is -2.45. The van der Waals surface area contributed by atoms with Crippen LogP contribution in [-0.4, -0.2) is 45.9 Å². The minimum absolute atomic E-state index is 0.128. The zero-order valence-corrected chi connectivity index (χ0v) is 12.2. The van der Waals surface area contributed by atoms with Crippen LogP contribution in [0.2, 0.25) is 0 Å². The largest absolute Gasteiger partial charge is 0.375 e. The smallest absolute Gasteiger partial charge is 0.141 e. The van der Waals surface area contributed by atoms with Crippen molar-refractivity contribution in [1.82, 2.24) is 20.5 Å². The quantitative estimate of drug-likeness (QED) is 0.884. The molecule has 3 rings (SSSR count). The number of thioether (sulfide) groups is 1. The fourth-order valence-corrected chi connectivity index (χ4v) is 4.64. The summed E-state index contributed by atoms with van der Waals surface area (Å²) in [5.41, 5.74) is 0.128. The second-order valence-corrected chi connectivity index (χ2v) is 6.76. The molecule has 19 heavy (non-hydrogen) atoms. The third-order valence-electron chi connectivity index (χ3n) is 4.45. The third-order valence-corrected chi connectivity index (χ3v) is 5.43. The van der Waals surface area contributed by atoms with Crippen molar-refractivity contribution in [3.63, 3.8) is 0 Å². The van der Waals surface area contributed by atoms with E-state index in [-0.39, 0.29) is 11.6 Å². The van der Waals surface area contributed by atoms with Crippen molar-refractivity contribution in [2.24, 2.45) is 5.92 Å². The highest BCUT2D eigenvalue weighted by atomic mass is 32.2. The summed E-state index contributed by atoms with van der Waals surface area (Å²) in [6.07, 6.45) is 6.22. The molecule has 0 aliphatic carbocycles. The lowest BCUT2D eigenvalue weighted by molar-refractivity contribution is -0.107. The summed E-state index contributed by atoms with van der Waals surface area (Å²) >= 11 is 2.05. The molecular formula is C13H22N4OS. The van der Waals surface area contributed by atoms with Crippen LogP contribution in [0.5, 0.6) is 0 Å². The first-order chi connectivity index (χ1) is 9.33. The molecule has 6 heteroatoms. The van der Waals surface area contributed by atoms with Gasteiger partial charge in [0.1, 0.15) is 12.2 Å². The van der Waals surface area contributed by atoms with Gasteiger partial charge >= 0.3 is 0 Å². The van der Waals surface area contributed by atoms with Gasteiger partial charge in [-0.05, 0) is 50.2 Å². The second-order valence-electron chi connectivity index (χ2n) is 5.53. The molecule has 1 aromatic heterocycles. The van der Waals surface area contributed by atoms with Gasteiger partial charge in [0.15, 0.2) is 0 Å². The first-order valence-corrected chi connectivity index (χ1v) is 8.23. The molecule has 1 aromatic rings. The van der Waals surface area contributed by atoms with Gasteiger partial charge in [0.2, 0.25) is 0 Å². The monoisotopic (exact) mass is 282 g/mol. The van der Waals surface area contributed by atoms with Gasteiger partial charge in [-0.1, -0.05) is 0 Å². The van der Waals surface area contributed by atoms with Crippen LogP contribution >= 0.6 is 11.8 Å². The van der Waals surface area contributed by atoms with Crippen LogP contribution in [-0.2, 0) is 4.74 Å². The summed E-state index contributed by atoms with van der Waals surface area (Å²) in [6, 6.07) is 0.262. The molecule has 106 valence electrons. The standard InChI is InChI=1S/C13H22N4OS/c1-14-11(12-15-9-16-17-12)10-2-5-18-13(8-10)3-6-19-7-4-13/h9-11,14H,2-8H2,1H3,(H,15,16,17). The van der Waals surface area contributed by atoms with E-state index in [0.717, 1.165) is 25.3 Å². The van der Waals surface area contributed by atoms with E-state index >= 15 is 0 Å². The number of rotatable bonds is 3. The maximum absolute atomic E-state index is 6.16. The van der Waals surface area contributed by atoms with Crippen LogP contribution in [0.3, 0.4) is 0 Å². The molecule has 0 amide bonds. The van der Waals surface area contributed by atoms with Gasteiger partial charge < -0.3 is 10.1 Å². The van der Waals surface area contributed by atoms with Crippen LogP contribution in [0.15, 0.2) is 6.33 Å². The molecule has 3 heterocycles. The zero-order chi connectivity index (χ0) is 13.1.